The normalized spacial score (nSPS) is 11.8. The zero-order valence-corrected chi connectivity index (χ0v) is 27.9. The van der Waals surface area contributed by atoms with Crippen LogP contribution >= 0.6 is 11.6 Å². The molecule has 1 N–H and O–H groups in total. The lowest BCUT2D eigenvalue weighted by atomic mass is 10.0. The first-order valence-electron chi connectivity index (χ1n) is 15.3. The quantitative estimate of drug-likeness (QED) is 0.159. The van der Waals surface area contributed by atoms with Crippen LogP contribution in [0.4, 0.5) is 5.69 Å². The maximum absolute atomic E-state index is 14.6. The Morgan fingerprint density at radius 3 is 2.22 bits per heavy atom. The Balaban J connectivity index is 1.83. The standard InChI is InChI=1S/C36H40ClN3O5S/c1-4-22-38-36(42)33(24-28-12-7-6-8-13-28)39(25-29-14-11-15-30(37)23-29)35(41)26-40(32-16-9-10-17-34(32)45-5-2)46(43,44)31-20-18-27(3)19-21-31/h6-21,23,33H,4-5,22,24-26H2,1-3H3,(H,38,42)/t33-/m1/s1. The number of sulfonamides is 1. The van der Waals surface area contributed by atoms with Crippen molar-refractivity contribution in [2.45, 2.75) is 51.1 Å². The van der Waals surface area contributed by atoms with Crippen LogP contribution in [0.25, 0.3) is 0 Å². The van der Waals surface area contributed by atoms with Gasteiger partial charge in [-0.15, -0.1) is 0 Å². The molecule has 0 saturated carbocycles. The molecular formula is C36H40ClN3O5S. The van der Waals surface area contributed by atoms with Crippen LogP contribution in [0.15, 0.2) is 108 Å². The van der Waals surface area contributed by atoms with Crippen molar-refractivity contribution < 1.29 is 22.7 Å². The largest absolute Gasteiger partial charge is 0.492 e. The van der Waals surface area contributed by atoms with Gasteiger partial charge in [-0.1, -0.05) is 90.8 Å². The molecule has 0 fully saturated rings. The highest BCUT2D eigenvalue weighted by atomic mass is 35.5. The summed E-state index contributed by atoms with van der Waals surface area (Å²) in [6.45, 7) is 5.79. The van der Waals surface area contributed by atoms with Gasteiger partial charge in [0.05, 0.1) is 17.2 Å². The van der Waals surface area contributed by atoms with E-state index in [0.717, 1.165) is 15.4 Å². The average molecular weight is 662 g/mol. The number of carbonyl (C=O) groups excluding carboxylic acids is 2. The van der Waals surface area contributed by atoms with E-state index in [1.807, 2.05) is 50.2 Å². The van der Waals surface area contributed by atoms with Gasteiger partial charge in [0, 0.05) is 24.5 Å². The van der Waals surface area contributed by atoms with Gasteiger partial charge in [0.15, 0.2) is 0 Å². The summed E-state index contributed by atoms with van der Waals surface area (Å²) in [6.07, 6.45) is 0.936. The van der Waals surface area contributed by atoms with E-state index in [0.29, 0.717) is 35.9 Å². The third-order valence-electron chi connectivity index (χ3n) is 7.38. The number of ether oxygens (including phenoxy) is 1. The van der Waals surface area contributed by atoms with Crippen LogP contribution in [0, 0.1) is 6.92 Å². The van der Waals surface area contributed by atoms with Crippen LogP contribution in [0.1, 0.15) is 37.0 Å². The monoisotopic (exact) mass is 661 g/mol. The molecule has 2 amide bonds. The lowest BCUT2D eigenvalue weighted by molar-refractivity contribution is -0.140. The number of halogens is 1. The summed E-state index contributed by atoms with van der Waals surface area (Å²) in [7, 11) is -4.25. The predicted octanol–water partition coefficient (Wildman–Crippen LogP) is 6.41. The summed E-state index contributed by atoms with van der Waals surface area (Å²) in [5, 5.41) is 3.43. The van der Waals surface area contributed by atoms with Gasteiger partial charge >= 0.3 is 0 Å². The lowest BCUT2D eigenvalue weighted by Crippen LogP contribution is -2.53. The summed E-state index contributed by atoms with van der Waals surface area (Å²) >= 11 is 6.31. The average Bonchev–Trinajstić information content (AvgIpc) is 3.05. The van der Waals surface area contributed by atoms with E-state index in [2.05, 4.69) is 5.32 Å². The molecule has 242 valence electrons. The van der Waals surface area contributed by atoms with E-state index in [4.69, 9.17) is 16.3 Å². The predicted molar refractivity (Wildman–Crippen MR) is 183 cm³/mol. The molecular weight excluding hydrogens is 622 g/mol. The number of anilines is 1. The molecule has 10 heteroatoms. The molecule has 4 aromatic rings. The second kappa shape index (κ2) is 16.3. The van der Waals surface area contributed by atoms with Crippen molar-refractivity contribution in [1.29, 1.82) is 0 Å². The zero-order valence-electron chi connectivity index (χ0n) is 26.4. The molecule has 0 radical (unpaired) electrons. The smallest absolute Gasteiger partial charge is 0.264 e. The molecule has 4 aromatic carbocycles. The van der Waals surface area contributed by atoms with Crippen molar-refractivity contribution in [3.05, 3.63) is 125 Å². The van der Waals surface area contributed by atoms with E-state index in [9.17, 15) is 18.0 Å². The highest BCUT2D eigenvalue weighted by Crippen LogP contribution is 2.33. The van der Waals surface area contributed by atoms with Crippen LogP contribution in [-0.2, 0) is 32.6 Å². The number of nitrogens with one attached hydrogen (secondary N) is 1. The van der Waals surface area contributed by atoms with E-state index in [1.165, 1.54) is 17.0 Å². The van der Waals surface area contributed by atoms with Crippen LogP contribution < -0.4 is 14.4 Å². The van der Waals surface area contributed by atoms with E-state index < -0.39 is 28.5 Å². The fraction of sp³-hybridized carbons (Fsp3) is 0.278. The van der Waals surface area contributed by atoms with Crippen molar-refractivity contribution in [3.8, 4) is 5.75 Å². The molecule has 0 aromatic heterocycles. The Hall–Kier alpha value is -4.34. The highest BCUT2D eigenvalue weighted by Gasteiger charge is 2.35. The molecule has 0 unspecified atom stereocenters. The molecule has 4 rings (SSSR count). The van der Waals surface area contributed by atoms with Gasteiger partial charge in [-0.05, 0) is 67.8 Å². The van der Waals surface area contributed by atoms with Crippen molar-refractivity contribution in [3.63, 3.8) is 0 Å². The number of para-hydroxylation sites is 2. The number of benzene rings is 4. The molecule has 46 heavy (non-hydrogen) atoms. The van der Waals surface area contributed by atoms with Crippen LogP contribution in [0.2, 0.25) is 5.02 Å². The van der Waals surface area contributed by atoms with E-state index in [-0.39, 0.29) is 29.5 Å². The highest BCUT2D eigenvalue weighted by molar-refractivity contribution is 7.92. The summed E-state index contributed by atoms with van der Waals surface area (Å²) in [5.41, 5.74) is 2.67. The minimum absolute atomic E-state index is 0.0279. The molecule has 0 aliphatic heterocycles. The van der Waals surface area contributed by atoms with Crippen LogP contribution in [0.5, 0.6) is 5.75 Å². The van der Waals surface area contributed by atoms with Gasteiger partial charge in [0.1, 0.15) is 18.3 Å². The second-order valence-electron chi connectivity index (χ2n) is 10.9. The van der Waals surface area contributed by atoms with Crippen molar-refractivity contribution >= 4 is 39.1 Å². The fourth-order valence-electron chi connectivity index (χ4n) is 5.04. The molecule has 0 aliphatic rings. The first kappa shape index (κ1) is 34.5. The number of aryl methyl sites for hydroxylation is 1. The van der Waals surface area contributed by atoms with Crippen LogP contribution in [0.3, 0.4) is 0 Å². The van der Waals surface area contributed by atoms with Gasteiger partial charge in [-0.3, -0.25) is 13.9 Å². The lowest BCUT2D eigenvalue weighted by Gasteiger charge is -2.34. The Morgan fingerprint density at radius 2 is 1.54 bits per heavy atom. The molecule has 8 nitrogen and oxygen atoms in total. The summed E-state index contributed by atoms with van der Waals surface area (Å²) in [6, 6.07) is 28.7. The van der Waals surface area contributed by atoms with E-state index in [1.54, 1.807) is 61.5 Å². The number of carbonyl (C=O) groups is 2. The molecule has 0 heterocycles. The molecule has 1 atom stereocenters. The first-order chi connectivity index (χ1) is 22.1. The number of amides is 2. The number of rotatable bonds is 15. The first-order valence-corrected chi connectivity index (χ1v) is 17.1. The summed E-state index contributed by atoms with van der Waals surface area (Å²) in [4.78, 5) is 29.8. The third-order valence-corrected chi connectivity index (χ3v) is 9.39. The number of hydrogen-bond acceptors (Lipinski definition) is 5. The maximum Gasteiger partial charge on any atom is 0.264 e. The molecule has 0 spiro atoms. The SMILES string of the molecule is CCCNC(=O)[C@@H](Cc1ccccc1)N(Cc1cccc(Cl)c1)C(=O)CN(c1ccccc1OCC)S(=O)(=O)c1ccc(C)cc1. The Bertz CT molecular complexity index is 1720. The number of hydrogen-bond donors (Lipinski definition) is 1. The summed E-state index contributed by atoms with van der Waals surface area (Å²) in [5.74, 6) is -0.574. The van der Waals surface area contributed by atoms with Crippen molar-refractivity contribution in [2.24, 2.45) is 0 Å². The summed E-state index contributed by atoms with van der Waals surface area (Å²) < 4.78 is 35.5. The second-order valence-corrected chi connectivity index (χ2v) is 13.2. The van der Waals surface area contributed by atoms with Gasteiger partial charge < -0.3 is 15.0 Å². The Morgan fingerprint density at radius 1 is 0.870 bits per heavy atom. The van der Waals surface area contributed by atoms with Crippen molar-refractivity contribution in [2.75, 3.05) is 24.0 Å². The zero-order chi connectivity index (χ0) is 33.1. The van der Waals surface area contributed by atoms with Crippen molar-refractivity contribution in [1.82, 2.24) is 10.2 Å². The van der Waals surface area contributed by atoms with Crippen LogP contribution in [-0.4, -0.2) is 50.9 Å². The minimum Gasteiger partial charge on any atom is -0.492 e. The topological polar surface area (TPSA) is 96.0 Å². The Labute approximate surface area is 277 Å². The fourth-order valence-corrected chi connectivity index (χ4v) is 6.68. The Kier molecular flexibility index (Phi) is 12.2. The van der Waals surface area contributed by atoms with E-state index >= 15 is 0 Å². The van der Waals surface area contributed by atoms with Gasteiger partial charge in [-0.2, -0.15) is 0 Å². The molecule has 0 saturated heterocycles. The third kappa shape index (κ3) is 8.89. The molecule has 0 aliphatic carbocycles. The minimum atomic E-state index is -4.25. The van der Waals surface area contributed by atoms with Gasteiger partial charge in [-0.25, -0.2) is 8.42 Å². The van der Waals surface area contributed by atoms with Gasteiger partial charge in [0.2, 0.25) is 11.8 Å². The molecule has 0 bridgehead atoms. The maximum atomic E-state index is 14.6. The van der Waals surface area contributed by atoms with Gasteiger partial charge in [0.25, 0.3) is 10.0 Å². The number of nitrogens with zero attached hydrogens (tertiary/aromatic N) is 2.